The first-order chi connectivity index (χ1) is 8.79. The van der Waals surface area contributed by atoms with Gasteiger partial charge in [-0.2, -0.15) is 4.37 Å². The van der Waals surface area contributed by atoms with Crippen molar-refractivity contribution in [3.05, 3.63) is 28.0 Å². The van der Waals surface area contributed by atoms with Gasteiger partial charge >= 0.3 is 0 Å². The van der Waals surface area contributed by atoms with Crippen molar-refractivity contribution in [1.29, 1.82) is 0 Å². The van der Waals surface area contributed by atoms with E-state index in [0.717, 1.165) is 11.5 Å². The highest BCUT2D eigenvalue weighted by Gasteiger charge is 2.20. The lowest BCUT2D eigenvalue weighted by molar-refractivity contribution is 0.600. The van der Waals surface area contributed by atoms with Crippen LogP contribution >= 0.6 is 27.5 Å². The normalized spacial score (nSPS) is 11.5. The first-order valence-electron chi connectivity index (χ1n) is 5.18. The molecule has 0 spiro atoms. The summed E-state index contributed by atoms with van der Waals surface area (Å²) >= 11 is 4.25. The van der Waals surface area contributed by atoms with Crippen molar-refractivity contribution < 1.29 is 8.42 Å². The molecule has 0 atom stereocenters. The molecule has 9 heteroatoms. The van der Waals surface area contributed by atoms with Crippen LogP contribution in [0.2, 0.25) is 0 Å². The van der Waals surface area contributed by atoms with Crippen molar-refractivity contribution in [3.63, 3.8) is 0 Å². The summed E-state index contributed by atoms with van der Waals surface area (Å²) in [6.45, 7) is 3.39. The van der Waals surface area contributed by atoms with Gasteiger partial charge in [-0.1, -0.05) is 0 Å². The summed E-state index contributed by atoms with van der Waals surface area (Å²) in [5.74, 6) is 0.523. The molecule has 0 amide bonds. The third-order valence-electron chi connectivity index (χ3n) is 2.33. The van der Waals surface area contributed by atoms with E-state index in [2.05, 4.69) is 30.0 Å². The van der Waals surface area contributed by atoms with Gasteiger partial charge in [0.05, 0.1) is 4.90 Å². The van der Waals surface area contributed by atoms with Crippen LogP contribution in [0.25, 0.3) is 0 Å². The van der Waals surface area contributed by atoms with Crippen LogP contribution < -0.4 is 10.5 Å². The Balaban J connectivity index is 2.42. The lowest BCUT2D eigenvalue weighted by atomic mass is 10.2. The number of hydrogen-bond donors (Lipinski definition) is 2. The number of aromatic nitrogens is 2. The number of nitrogens with zero attached hydrogens (tertiary/aromatic N) is 2. The third kappa shape index (κ3) is 3.04. The van der Waals surface area contributed by atoms with Gasteiger partial charge in [-0.25, -0.2) is 13.4 Å². The number of benzene rings is 1. The second-order valence-electron chi connectivity index (χ2n) is 3.89. The molecule has 1 aromatic heterocycles. The molecule has 6 nitrogen and oxygen atoms in total. The highest BCUT2D eigenvalue weighted by molar-refractivity contribution is 9.10. The average Bonchev–Trinajstić information content (AvgIpc) is 2.68. The molecule has 1 aromatic carbocycles. The standard InChI is InChI=1S/C10H11BrN4O2S2/c1-5-3-7(11)8(12)4-9(5)19(16,17)15-10-13-6(2)14-18-10/h3-4H,12H2,1-2H3,(H,13,14,15). The molecular formula is C10H11BrN4O2S2. The van der Waals surface area contributed by atoms with Crippen molar-refractivity contribution in [2.45, 2.75) is 18.7 Å². The minimum Gasteiger partial charge on any atom is -0.398 e. The number of halogens is 1. The largest absolute Gasteiger partial charge is 0.398 e. The number of anilines is 2. The molecule has 0 aliphatic rings. The lowest BCUT2D eigenvalue weighted by Gasteiger charge is -2.10. The summed E-state index contributed by atoms with van der Waals surface area (Å²) < 4.78 is 31.5. The van der Waals surface area contributed by atoms with Gasteiger partial charge in [0.15, 0.2) is 0 Å². The second-order valence-corrected chi connectivity index (χ2v) is 7.15. The van der Waals surface area contributed by atoms with E-state index in [1.54, 1.807) is 19.9 Å². The van der Waals surface area contributed by atoms with E-state index < -0.39 is 10.0 Å². The molecule has 1 heterocycles. The molecule has 0 unspecified atom stereocenters. The van der Waals surface area contributed by atoms with Gasteiger partial charge in [-0.15, -0.1) is 0 Å². The summed E-state index contributed by atoms with van der Waals surface area (Å²) in [5, 5.41) is 0.235. The molecule has 0 bridgehead atoms. The zero-order valence-electron chi connectivity index (χ0n) is 10.1. The summed E-state index contributed by atoms with van der Waals surface area (Å²) in [6, 6.07) is 3.07. The van der Waals surface area contributed by atoms with Crippen molar-refractivity contribution >= 4 is 48.3 Å². The quantitative estimate of drug-likeness (QED) is 0.816. The van der Waals surface area contributed by atoms with Crippen LogP contribution in [-0.4, -0.2) is 17.8 Å². The summed E-state index contributed by atoms with van der Waals surface area (Å²) in [6.07, 6.45) is 0. The number of nitrogens with one attached hydrogen (secondary N) is 1. The van der Waals surface area contributed by atoms with E-state index in [1.807, 2.05) is 0 Å². The van der Waals surface area contributed by atoms with E-state index >= 15 is 0 Å². The summed E-state index contributed by atoms with van der Waals surface area (Å²) in [7, 11) is -3.71. The van der Waals surface area contributed by atoms with E-state index in [4.69, 9.17) is 5.73 Å². The molecule has 2 rings (SSSR count). The minimum atomic E-state index is -3.71. The third-order valence-corrected chi connectivity index (χ3v) is 5.35. The fourth-order valence-corrected chi connectivity index (χ4v) is 3.99. The van der Waals surface area contributed by atoms with E-state index in [0.29, 0.717) is 21.5 Å². The number of nitrogens with two attached hydrogens (primary N) is 1. The maximum Gasteiger partial charge on any atom is 0.264 e. The van der Waals surface area contributed by atoms with Crippen molar-refractivity contribution in [2.75, 3.05) is 10.5 Å². The molecule has 0 aliphatic heterocycles. The number of hydrogen-bond acceptors (Lipinski definition) is 6. The zero-order valence-corrected chi connectivity index (χ0v) is 13.4. The zero-order chi connectivity index (χ0) is 14.2. The van der Waals surface area contributed by atoms with Gasteiger partial charge in [0.2, 0.25) is 5.13 Å². The van der Waals surface area contributed by atoms with Crippen LogP contribution in [0.3, 0.4) is 0 Å². The molecule has 3 N–H and O–H groups in total. The Kier molecular flexibility index (Phi) is 3.79. The van der Waals surface area contributed by atoms with Gasteiger partial charge < -0.3 is 5.73 Å². The number of aryl methyl sites for hydroxylation is 2. The van der Waals surface area contributed by atoms with Crippen LogP contribution in [-0.2, 0) is 10.0 Å². The van der Waals surface area contributed by atoms with Crippen molar-refractivity contribution in [2.24, 2.45) is 0 Å². The van der Waals surface area contributed by atoms with Gasteiger partial charge in [0.25, 0.3) is 10.0 Å². The fraction of sp³-hybridized carbons (Fsp3) is 0.200. The first kappa shape index (κ1) is 14.2. The molecule has 0 saturated heterocycles. The molecule has 0 saturated carbocycles. The lowest BCUT2D eigenvalue weighted by Crippen LogP contribution is -2.14. The molecule has 19 heavy (non-hydrogen) atoms. The topological polar surface area (TPSA) is 98.0 Å². The van der Waals surface area contributed by atoms with Crippen molar-refractivity contribution in [1.82, 2.24) is 9.36 Å². The van der Waals surface area contributed by atoms with Crippen LogP contribution in [0.15, 0.2) is 21.5 Å². The minimum absolute atomic E-state index is 0.126. The number of sulfonamides is 1. The maximum absolute atomic E-state index is 12.3. The van der Waals surface area contributed by atoms with Crippen LogP contribution in [0, 0.1) is 13.8 Å². The first-order valence-corrected chi connectivity index (χ1v) is 8.23. The molecule has 0 fully saturated rings. The smallest absolute Gasteiger partial charge is 0.264 e. The monoisotopic (exact) mass is 362 g/mol. The Morgan fingerprint density at radius 3 is 2.63 bits per heavy atom. The molecule has 0 aliphatic carbocycles. The predicted molar refractivity (Wildman–Crippen MR) is 78.7 cm³/mol. The van der Waals surface area contributed by atoms with Crippen LogP contribution in [0.1, 0.15) is 11.4 Å². The van der Waals surface area contributed by atoms with Crippen LogP contribution in [0.4, 0.5) is 10.8 Å². The SMILES string of the molecule is Cc1nsc(NS(=O)(=O)c2cc(N)c(Br)cc2C)n1. The van der Waals surface area contributed by atoms with Crippen LogP contribution in [0.5, 0.6) is 0 Å². The number of rotatable bonds is 3. The van der Waals surface area contributed by atoms with Gasteiger partial charge in [-0.3, -0.25) is 4.72 Å². The number of nitrogen functional groups attached to an aromatic ring is 1. The maximum atomic E-state index is 12.3. The van der Waals surface area contributed by atoms with E-state index in [1.165, 1.54) is 6.07 Å². The van der Waals surface area contributed by atoms with Gasteiger partial charge in [0, 0.05) is 21.7 Å². The molecule has 2 aromatic rings. The Morgan fingerprint density at radius 1 is 1.37 bits per heavy atom. The molecule has 0 radical (unpaired) electrons. The van der Waals surface area contributed by atoms with Crippen molar-refractivity contribution in [3.8, 4) is 0 Å². The van der Waals surface area contributed by atoms with Gasteiger partial charge in [-0.05, 0) is 47.5 Å². The molecular weight excluding hydrogens is 352 g/mol. The van der Waals surface area contributed by atoms with Gasteiger partial charge in [0.1, 0.15) is 5.82 Å². The average molecular weight is 363 g/mol. The summed E-state index contributed by atoms with van der Waals surface area (Å²) in [5.41, 5.74) is 6.67. The Hall–Kier alpha value is -1.19. The predicted octanol–water partition coefficient (Wildman–Crippen LogP) is 2.30. The fourth-order valence-electron chi connectivity index (χ4n) is 1.47. The highest BCUT2D eigenvalue weighted by Crippen LogP contribution is 2.28. The second kappa shape index (κ2) is 5.06. The summed E-state index contributed by atoms with van der Waals surface area (Å²) in [4.78, 5) is 4.09. The Labute approximate surface area is 123 Å². The van der Waals surface area contributed by atoms with E-state index in [9.17, 15) is 8.42 Å². The highest BCUT2D eigenvalue weighted by atomic mass is 79.9. The Bertz CT molecular complexity index is 727. The Morgan fingerprint density at radius 2 is 2.05 bits per heavy atom. The van der Waals surface area contributed by atoms with E-state index in [-0.39, 0.29) is 10.0 Å². The molecule has 102 valence electrons.